The van der Waals surface area contributed by atoms with Crippen LogP contribution in [0.2, 0.25) is 0 Å². The molecule has 0 spiro atoms. The van der Waals surface area contributed by atoms with E-state index in [-0.39, 0.29) is 18.8 Å². The third-order valence-electron chi connectivity index (χ3n) is 6.23. The fraction of sp³-hybridized carbons (Fsp3) is 0.200. The second-order valence-electron chi connectivity index (χ2n) is 8.84. The first kappa shape index (κ1) is 26.8. The SMILES string of the molecule is CCOP(=O)(OCC)C(NCc1ccccc1)c1cn(-c2ccccc2)nc1-c1cc2ccccc2oc1=O. The molecule has 0 bridgehead atoms. The van der Waals surface area contributed by atoms with E-state index in [1.807, 2.05) is 78.9 Å². The Morgan fingerprint density at radius 3 is 2.26 bits per heavy atom. The summed E-state index contributed by atoms with van der Waals surface area (Å²) in [5, 5.41) is 8.96. The maximum Gasteiger partial charge on any atom is 0.352 e. The average molecular weight is 544 g/mol. The van der Waals surface area contributed by atoms with Gasteiger partial charge in [-0.2, -0.15) is 5.10 Å². The third-order valence-corrected chi connectivity index (χ3v) is 8.56. The molecule has 0 aliphatic heterocycles. The van der Waals surface area contributed by atoms with Gasteiger partial charge in [0.2, 0.25) is 0 Å². The lowest BCUT2D eigenvalue weighted by Crippen LogP contribution is -2.24. The highest BCUT2D eigenvalue weighted by atomic mass is 31.2. The van der Waals surface area contributed by atoms with E-state index in [1.54, 1.807) is 36.9 Å². The molecular weight excluding hydrogens is 513 g/mol. The Labute approximate surface area is 226 Å². The molecule has 39 heavy (non-hydrogen) atoms. The predicted octanol–water partition coefficient (Wildman–Crippen LogP) is 6.70. The molecule has 0 aliphatic carbocycles. The molecule has 0 saturated heterocycles. The molecular formula is C30H30N3O5P. The third kappa shape index (κ3) is 5.79. The highest BCUT2D eigenvalue weighted by Gasteiger charge is 2.40. The molecule has 5 aromatic rings. The Bertz CT molecular complexity index is 1640. The van der Waals surface area contributed by atoms with Crippen molar-refractivity contribution in [2.24, 2.45) is 0 Å². The molecule has 0 radical (unpaired) electrons. The molecule has 2 heterocycles. The maximum absolute atomic E-state index is 14.3. The number of hydrogen-bond acceptors (Lipinski definition) is 7. The van der Waals surface area contributed by atoms with Crippen LogP contribution in [0.5, 0.6) is 0 Å². The van der Waals surface area contributed by atoms with Crippen LogP contribution >= 0.6 is 7.60 Å². The predicted molar refractivity (Wildman–Crippen MR) is 152 cm³/mol. The molecule has 1 atom stereocenters. The van der Waals surface area contributed by atoms with Gasteiger partial charge in [0.25, 0.3) is 0 Å². The van der Waals surface area contributed by atoms with Crippen LogP contribution in [0, 0.1) is 0 Å². The second kappa shape index (κ2) is 11.9. The van der Waals surface area contributed by atoms with E-state index in [1.165, 1.54) is 0 Å². The number of rotatable bonds is 11. The van der Waals surface area contributed by atoms with E-state index in [2.05, 4.69) is 5.32 Å². The number of aromatic nitrogens is 2. The summed E-state index contributed by atoms with van der Waals surface area (Å²) >= 11 is 0. The van der Waals surface area contributed by atoms with Crippen molar-refractivity contribution in [1.29, 1.82) is 0 Å². The topological polar surface area (TPSA) is 95.6 Å². The maximum atomic E-state index is 14.3. The summed E-state index contributed by atoms with van der Waals surface area (Å²) in [6, 6.07) is 28.3. The number of benzene rings is 3. The van der Waals surface area contributed by atoms with Gasteiger partial charge >= 0.3 is 13.2 Å². The molecule has 2 aromatic heterocycles. The van der Waals surface area contributed by atoms with Gasteiger partial charge in [-0.3, -0.25) is 9.88 Å². The molecule has 1 N–H and O–H groups in total. The van der Waals surface area contributed by atoms with E-state index >= 15 is 0 Å². The molecule has 0 fully saturated rings. The fourth-order valence-electron chi connectivity index (χ4n) is 4.49. The Kier molecular flexibility index (Phi) is 8.19. The van der Waals surface area contributed by atoms with Crippen LogP contribution in [0.4, 0.5) is 0 Å². The zero-order chi connectivity index (χ0) is 27.2. The lowest BCUT2D eigenvalue weighted by atomic mass is 10.1. The number of nitrogens with zero attached hydrogens (tertiary/aromatic N) is 2. The Morgan fingerprint density at radius 2 is 1.56 bits per heavy atom. The summed E-state index contributed by atoms with van der Waals surface area (Å²) in [4.78, 5) is 13.3. The van der Waals surface area contributed by atoms with Crippen LogP contribution in [0.3, 0.4) is 0 Å². The summed E-state index contributed by atoms with van der Waals surface area (Å²) in [5.41, 5.74) is 2.79. The highest BCUT2D eigenvalue weighted by molar-refractivity contribution is 7.54. The minimum absolute atomic E-state index is 0.182. The lowest BCUT2D eigenvalue weighted by molar-refractivity contribution is 0.207. The molecule has 1 unspecified atom stereocenters. The first-order chi connectivity index (χ1) is 19.0. The molecule has 0 saturated carbocycles. The summed E-state index contributed by atoms with van der Waals surface area (Å²) in [5.74, 6) is -0.920. The van der Waals surface area contributed by atoms with Crippen molar-refractivity contribution >= 4 is 18.6 Å². The smallest absolute Gasteiger partial charge is 0.352 e. The molecule has 0 aliphatic rings. The van der Waals surface area contributed by atoms with Crippen molar-refractivity contribution in [2.75, 3.05) is 13.2 Å². The largest absolute Gasteiger partial charge is 0.422 e. The molecule has 3 aromatic carbocycles. The van der Waals surface area contributed by atoms with Gasteiger partial charge < -0.3 is 13.5 Å². The van der Waals surface area contributed by atoms with Gasteiger partial charge in [-0.1, -0.05) is 66.7 Å². The number of nitrogens with one attached hydrogen (secondary N) is 1. The van der Waals surface area contributed by atoms with E-state index in [0.717, 1.165) is 16.6 Å². The van der Waals surface area contributed by atoms with Gasteiger partial charge in [0.15, 0.2) is 0 Å². The zero-order valence-electron chi connectivity index (χ0n) is 21.8. The normalized spacial score (nSPS) is 12.6. The molecule has 0 amide bonds. The summed E-state index contributed by atoms with van der Waals surface area (Å²) in [6.07, 6.45) is 1.77. The van der Waals surface area contributed by atoms with Crippen LogP contribution in [0.15, 0.2) is 106 Å². The van der Waals surface area contributed by atoms with E-state index in [0.29, 0.717) is 23.4 Å². The lowest BCUT2D eigenvalue weighted by Gasteiger charge is -2.27. The first-order valence-corrected chi connectivity index (χ1v) is 14.5. The van der Waals surface area contributed by atoms with Crippen LogP contribution in [-0.4, -0.2) is 23.0 Å². The van der Waals surface area contributed by atoms with E-state index in [4.69, 9.17) is 18.6 Å². The van der Waals surface area contributed by atoms with Gasteiger partial charge in [0, 0.05) is 23.7 Å². The molecule has 200 valence electrons. The number of hydrogen-bond donors (Lipinski definition) is 1. The van der Waals surface area contributed by atoms with Crippen molar-refractivity contribution in [3.05, 3.63) is 119 Å². The fourth-order valence-corrected chi connectivity index (χ4v) is 6.42. The van der Waals surface area contributed by atoms with Crippen molar-refractivity contribution in [3.63, 3.8) is 0 Å². The summed E-state index contributed by atoms with van der Waals surface area (Å²) in [6.45, 7) is 4.29. The number of fused-ring (bicyclic) bond motifs is 1. The van der Waals surface area contributed by atoms with Gasteiger partial charge in [0.05, 0.1) is 24.5 Å². The van der Waals surface area contributed by atoms with Crippen LogP contribution < -0.4 is 10.9 Å². The van der Waals surface area contributed by atoms with Crippen molar-refractivity contribution in [1.82, 2.24) is 15.1 Å². The quantitative estimate of drug-likeness (QED) is 0.146. The zero-order valence-corrected chi connectivity index (χ0v) is 22.7. The van der Waals surface area contributed by atoms with Crippen molar-refractivity contribution in [3.8, 4) is 16.9 Å². The second-order valence-corrected chi connectivity index (χ2v) is 11.0. The number of para-hydroxylation sites is 2. The molecule has 8 nitrogen and oxygen atoms in total. The highest BCUT2D eigenvalue weighted by Crippen LogP contribution is 2.60. The first-order valence-electron chi connectivity index (χ1n) is 12.9. The Balaban J connectivity index is 1.72. The minimum atomic E-state index is -3.77. The van der Waals surface area contributed by atoms with E-state index < -0.39 is 19.0 Å². The average Bonchev–Trinajstić information content (AvgIpc) is 3.39. The summed E-state index contributed by atoms with van der Waals surface area (Å²) < 4.78 is 33.3. The Hall–Kier alpha value is -3.81. The molecule has 5 rings (SSSR count). The van der Waals surface area contributed by atoms with Gasteiger partial charge in [-0.25, -0.2) is 9.48 Å². The monoisotopic (exact) mass is 543 g/mol. The Morgan fingerprint density at radius 1 is 0.923 bits per heavy atom. The summed E-state index contributed by atoms with van der Waals surface area (Å²) in [7, 11) is -3.77. The van der Waals surface area contributed by atoms with Crippen LogP contribution in [0.25, 0.3) is 27.9 Å². The van der Waals surface area contributed by atoms with Crippen LogP contribution in [-0.2, 0) is 20.2 Å². The van der Waals surface area contributed by atoms with Crippen LogP contribution in [0.1, 0.15) is 30.8 Å². The van der Waals surface area contributed by atoms with E-state index in [9.17, 15) is 9.36 Å². The van der Waals surface area contributed by atoms with Crippen molar-refractivity contribution < 1.29 is 18.0 Å². The van der Waals surface area contributed by atoms with Gasteiger partial charge in [0.1, 0.15) is 17.1 Å². The van der Waals surface area contributed by atoms with Gasteiger partial charge in [-0.05, 0) is 43.7 Å². The van der Waals surface area contributed by atoms with Gasteiger partial charge in [-0.15, -0.1) is 0 Å². The molecule has 9 heteroatoms. The minimum Gasteiger partial charge on any atom is -0.422 e. The standard InChI is InChI=1S/C30H30N3O5P/c1-3-36-39(35,37-4-2)29(31-20-22-13-7-5-8-14-22)26-21-33(24-16-9-6-10-17-24)32-28(26)25-19-23-15-11-12-18-27(23)38-30(25)34/h5-19,21,29,31H,3-4,20H2,1-2H3. The van der Waals surface area contributed by atoms with Crippen molar-refractivity contribution in [2.45, 2.75) is 26.2 Å².